The van der Waals surface area contributed by atoms with Crippen LogP contribution in [0.1, 0.15) is 85.0 Å². The summed E-state index contributed by atoms with van der Waals surface area (Å²) in [6.07, 6.45) is 5.16. The minimum absolute atomic E-state index is 0.0649. The first-order valence-corrected chi connectivity index (χ1v) is 17.0. The van der Waals surface area contributed by atoms with Crippen LogP contribution in [-0.2, 0) is 17.6 Å². The summed E-state index contributed by atoms with van der Waals surface area (Å²) < 4.78 is 30.7. The number of hydrogen-bond acceptors (Lipinski definition) is 9. The first-order chi connectivity index (χ1) is 22.9. The lowest BCUT2D eigenvalue weighted by Crippen LogP contribution is -2.46. The smallest absolute Gasteiger partial charge is 0.128 e. The van der Waals surface area contributed by atoms with Gasteiger partial charge in [0, 0.05) is 55.3 Å². The number of aliphatic hydroxyl groups excluding tert-OH is 3. The molecule has 0 radical (unpaired) electrons. The SMILES string of the molecule is COCCC[C@@H]1Oc2cc(CCCO)c(OC)cc2[C@H](O)[C@@H]1[C@@H]1COc2c(Cc3cccc(O)c3)cc(OC3CCCC3)cc2[C@H]1O. The number of phenols is 1. The zero-order chi connectivity index (χ0) is 32.9. The van der Waals surface area contributed by atoms with E-state index in [0.717, 1.165) is 48.8 Å². The third-order valence-electron chi connectivity index (χ3n) is 9.96. The molecule has 3 aromatic carbocycles. The molecule has 1 fully saturated rings. The average molecular weight is 649 g/mol. The van der Waals surface area contributed by atoms with Crippen LogP contribution in [0.4, 0.5) is 0 Å². The van der Waals surface area contributed by atoms with E-state index in [2.05, 4.69) is 0 Å². The summed E-state index contributed by atoms with van der Waals surface area (Å²) in [6.45, 7) is 0.805. The second-order valence-corrected chi connectivity index (χ2v) is 13.1. The fraction of sp³-hybridized carbons (Fsp3) is 0.526. The normalized spacial score (nSPS) is 23.8. The Hall–Kier alpha value is -3.50. The molecular formula is C38H48O9. The van der Waals surface area contributed by atoms with Crippen LogP contribution in [0.3, 0.4) is 0 Å². The van der Waals surface area contributed by atoms with E-state index in [1.807, 2.05) is 36.4 Å². The summed E-state index contributed by atoms with van der Waals surface area (Å²) in [5.74, 6) is 1.77. The number of methoxy groups -OCH3 is 2. The minimum atomic E-state index is -0.950. The molecule has 3 aromatic rings. The number of benzene rings is 3. The van der Waals surface area contributed by atoms with Crippen LogP contribution in [0.15, 0.2) is 48.5 Å². The maximum atomic E-state index is 12.2. The second kappa shape index (κ2) is 15.2. The molecule has 6 rings (SSSR count). The molecule has 1 saturated carbocycles. The lowest BCUT2D eigenvalue weighted by molar-refractivity contribution is -0.0890. The quantitative estimate of drug-likeness (QED) is 0.170. The molecule has 0 saturated heterocycles. The van der Waals surface area contributed by atoms with E-state index in [4.69, 9.17) is 23.7 Å². The zero-order valence-corrected chi connectivity index (χ0v) is 27.4. The molecule has 5 atom stereocenters. The Balaban J connectivity index is 1.36. The van der Waals surface area contributed by atoms with E-state index in [1.54, 1.807) is 26.4 Å². The molecule has 9 nitrogen and oxygen atoms in total. The molecule has 254 valence electrons. The van der Waals surface area contributed by atoms with Crippen LogP contribution >= 0.6 is 0 Å². The van der Waals surface area contributed by atoms with E-state index < -0.39 is 30.1 Å². The highest BCUT2D eigenvalue weighted by Crippen LogP contribution is 2.51. The van der Waals surface area contributed by atoms with Gasteiger partial charge in [-0.05, 0) is 98.9 Å². The largest absolute Gasteiger partial charge is 0.508 e. The molecule has 47 heavy (non-hydrogen) atoms. The molecule has 0 aromatic heterocycles. The Morgan fingerprint density at radius 2 is 1.74 bits per heavy atom. The van der Waals surface area contributed by atoms with Gasteiger partial charge >= 0.3 is 0 Å². The van der Waals surface area contributed by atoms with Crippen LogP contribution in [0, 0.1) is 11.8 Å². The predicted octanol–water partition coefficient (Wildman–Crippen LogP) is 5.82. The minimum Gasteiger partial charge on any atom is -0.508 e. The number of ether oxygens (including phenoxy) is 5. The van der Waals surface area contributed by atoms with Gasteiger partial charge in [-0.1, -0.05) is 12.1 Å². The Kier molecular flexibility index (Phi) is 10.8. The van der Waals surface area contributed by atoms with E-state index >= 15 is 0 Å². The van der Waals surface area contributed by atoms with Crippen molar-refractivity contribution >= 4 is 0 Å². The Bertz CT molecular complexity index is 1500. The van der Waals surface area contributed by atoms with Gasteiger partial charge in [0.2, 0.25) is 0 Å². The summed E-state index contributed by atoms with van der Waals surface area (Å²) >= 11 is 0. The molecule has 1 aliphatic carbocycles. The topological polar surface area (TPSA) is 127 Å². The van der Waals surface area contributed by atoms with Gasteiger partial charge in [-0.15, -0.1) is 0 Å². The molecule has 0 unspecified atom stereocenters. The van der Waals surface area contributed by atoms with Gasteiger partial charge in [-0.2, -0.15) is 0 Å². The molecule has 2 heterocycles. The number of phenolic OH excluding ortho intramolecular Hbond substituents is 1. The highest BCUT2D eigenvalue weighted by atomic mass is 16.5. The molecule has 0 amide bonds. The highest BCUT2D eigenvalue weighted by molar-refractivity contribution is 5.53. The van der Waals surface area contributed by atoms with Crippen molar-refractivity contribution in [2.45, 2.75) is 82.2 Å². The Morgan fingerprint density at radius 3 is 2.49 bits per heavy atom. The molecule has 0 bridgehead atoms. The maximum Gasteiger partial charge on any atom is 0.128 e. The summed E-state index contributed by atoms with van der Waals surface area (Å²) in [5.41, 5.74) is 3.95. The summed E-state index contributed by atoms with van der Waals surface area (Å²) in [7, 11) is 3.26. The number of rotatable bonds is 13. The first kappa shape index (κ1) is 33.4. The van der Waals surface area contributed by atoms with Gasteiger partial charge in [0.05, 0.1) is 32.0 Å². The van der Waals surface area contributed by atoms with Crippen molar-refractivity contribution in [1.29, 1.82) is 0 Å². The van der Waals surface area contributed by atoms with Crippen LogP contribution < -0.4 is 18.9 Å². The van der Waals surface area contributed by atoms with Crippen molar-refractivity contribution in [3.8, 4) is 28.7 Å². The summed E-state index contributed by atoms with van der Waals surface area (Å²) in [5, 5.41) is 43.8. The monoisotopic (exact) mass is 648 g/mol. The second-order valence-electron chi connectivity index (χ2n) is 13.1. The van der Waals surface area contributed by atoms with E-state index in [-0.39, 0.29) is 25.1 Å². The van der Waals surface area contributed by atoms with E-state index in [9.17, 15) is 20.4 Å². The fourth-order valence-corrected chi connectivity index (χ4v) is 7.63. The van der Waals surface area contributed by atoms with Crippen LogP contribution in [0.25, 0.3) is 0 Å². The van der Waals surface area contributed by atoms with Gasteiger partial charge in [-0.25, -0.2) is 0 Å². The molecular weight excluding hydrogens is 600 g/mol. The van der Waals surface area contributed by atoms with Crippen molar-refractivity contribution in [3.05, 3.63) is 76.3 Å². The molecule has 0 spiro atoms. The Labute approximate surface area is 277 Å². The van der Waals surface area contributed by atoms with Gasteiger partial charge in [0.15, 0.2) is 0 Å². The number of hydrogen-bond donors (Lipinski definition) is 4. The van der Waals surface area contributed by atoms with Crippen molar-refractivity contribution in [3.63, 3.8) is 0 Å². The van der Waals surface area contributed by atoms with Gasteiger partial charge in [-0.3, -0.25) is 0 Å². The fourth-order valence-electron chi connectivity index (χ4n) is 7.63. The number of aryl methyl sites for hydroxylation is 1. The standard InChI is InChI=1S/C38H48O9/c1-43-15-7-13-32-35(37(42)29-21-33(44-2)24(9-6-14-39)19-34(29)47-32)31-22-45-38-25(16-23-8-5-10-26(40)17-23)18-28(20-30(38)36(31)41)46-27-11-3-4-12-27/h5,8,10,17-21,27,31-32,35-37,39-42H,3-4,6-7,9,11-16,22H2,1-2H3/t31-,32-,35+,36+,37-/m0/s1. The lowest BCUT2D eigenvalue weighted by Gasteiger charge is -2.45. The van der Waals surface area contributed by atoms with Gasteiger partial charge in [0.1, 0.15) is 34.9 Å². The van der Waals surface area contributed by atoms with E-state index in [1.165, 1.54) is 0 Å². The van der Waals surface area contributed by atoms with E-state index in [0.29, 0.717) is 66.4 Å². The summed E-state index contributed by atoms with van der Waals surface area (Å²) in [6, 6.07) is 14.8. The maximum absolute atomic E-state index is 12.2. The summed E-state index contributed by atoms with van der Waals surface area (Å²) in [4.78, 5) is 0. The van der Waals surface area contributed by atoms with Crippen molar-refractivity contribution in [2.75, 3.05) is 34.0 Å². The number of aliphatic hydroxyl groups is 3. The van der Waals surface area contributed by atoms with Crippen molar-refractivity contribution < 1.29 is 44.1 Å². The first-order valence-electron chi connectivity index (χ1n) is 17.0. The Morgan fingerprint density at radius 1 is 0.915 bits per heavy atom. The average Bonchev–Trinajstić information content (AvgIpc) is 3.58. The highest BCUT2D eigenvalue weighted by Gasteiger charge is 2.47. The lowest BCUT2D eigenvalue weighted by atomic mass is 9.72. The zero-order valence-electron chi connectivity index (χ0n) is 27.4. The van der Waals surface area contributed by atoms with Crippen molar-refractivity contribution in [1.82, 2.24) is 0 Å². The molecule has 4 N–H and O–H groups in total. The third-order valence-corrected chi connectivity index (χ3v) is 9.96. The molecule has 2 aliphatic heterocycles. The van der Waals surface area contributed by atoms with Gasteiger partial charge < -0.3 is 44.1 Å². The molecule has 3 aliphatic rings. The van der Waals surface area contributed by atoms with Crippen LogP contribution in [0.5, 0.6) is 28.7 Å². The van der Waals surface area contributed by atoms with Crippen LogP contribution in [-0.4, -0.2) is 66.7 Å². The number of aromatic hydroxyl groups is 1. The van der Waals surface area contributed by atoms with Crippen LogP contribution in [0.2, 0.25) is 0 Å². The number of fused-ring (bicyclic) bond motifs is 2. The molecule has 9 heteroatoms. The predicted molar refractivity (Wildman–Crippen MR) is 177 cm³/mol. The third kappa shape index (κ3) is 7.33. The van der Waals surface area contributed by atoms with Crippen molar-refractivity contribution in [2.24, 2.45) is 11.8 Å². The van der Waals surface area contributed by atoms with Gasteiger partial charge in [0.25, 0.3) is 0 Å².